The lowest BCUT2D eigenvalue weighted by atomic mass is 10.1. The summed E-state index contributed by atoms with van der Waals surface area (Å²) in [7, 11) is 0. The Hall–Kier alpha value is -1.91. The van der Waals surface area contributed by atoms with Gasteiger partial charge in [0.05, 0.1) is 5.69 Å². The maximum absolute atomic E-state index is 11.2. The van der Waals surface area contributed by atoms with Crippen LogP contribution in [0, 0.1) is 0 Å². The predicted molar refractivity (Wildman–Crippen MR) is 51.4 cm³/mol. The van der Waals surface area contributed by atoms with Crippen LogP contribution < -0.4 is 5.69 Å². The minimum absolute atomic E-state index is 0.321. The van der Waals surface area contributed by atoms with Crippen LogP contribution in [0.25, 0.3) is 5.69 Å². The van der Waals surface area contributed by atoms with Crippen LogP contribution in [0.15, 0.2) is 29.1 Å². The smallest absolute Gasteiger partial charge is 0.244 e. The highest BCUT2D eigenvalue weighted by Gasteiger charge is 2.02. The molecule has 1 N–H and O–H groups in total. The van der Waals surface area contributed by atoms with Crippen molar-refractivity contribution in [3.8, 4) is 5.69 Å². The van der Waals surface area contributed by atoms with Gasteiger partial charge in [-0.1, -0.05) is 19.1 Å². The standard InChI is InChI=1S/C9H10N4O/c1-2-7-4-3-5-8(6-7)13-9(14)10-11-12-13/h3-6H,2H2,1H3,(H,10,12,14). The number of rotatable bonds is 2. The number of H-pyrrole nitrogens is 1. The van der Waals surface area contributed by atoms with Gasteiger partial charge in [-0.2, -0.15) is 4.68 Å². The van der Waals surface area contributed by atoms with Gasteiger partial charge in [0.25, 0.3) is 0 Å². The molecule has 72 valence electrons. The quantitative estimate of drug-likeness (QED) is 0.750. The molecule has 1 aromatic carbocycles. The molecule has 5 nitrogen and oxygen atoms in total. The Morgan fingerprint density at radius 3 is 3.00 bits per heavy atom. The summed E-state index contributed by atoms with van der Waals surface area (Å²) in [6.07, 6.45) is 0.931. The van der Waals surface area contributed by atoms with Gasteiger partial charge in [0.15, 0.2) is 0 Å². The highest BCUT2D eigenvalue weighted by Crippen LogP contribution is 2.07. The molecule has 0 amide bonds. The van der Waals surface area contributed by atoms with E-state index < -0.39 is 0 Å². The highest BCUT2D eigenvalue weighted by molar-refractivity contribution is 5.34. The number of nitrogens with one attached hydrogen (secondary N) is 1. The van der Waals surface area contributed by atoms with E-state index in [9.17, 15) is 4.79 Å². The molecule has 0 atom stereocenters. The molecule has 0 saturated heterocycles. The molecule has 5 heteroatoms. The second-order valence-corrected chi connectivity index (χ2v) is 2.94. The number of tetrazole rings is 1. The molecule has 0 bridgehead atoms. The van der Waals surface area contributed by atoms with Gasteiger partial charge >= 0.3 is 5.69 Å². The Kier molecular flexibility index (Phi) is 2.14. The molecule has 2 aromatic rings. The number of hydrogen-bond donors (Lipinski definition) is 1. The average molecular weight is 190 g/mol. The van der Waals surface area contributed by atoms with Gasteiger partial charge < -0.3 is 0 Å². The van der Waals surface area contributed by atoms with Crippen molar-refractivity contribution in [2.24, 2.45) is 0 Å². The normalized spacial score (nSPS) is 10.4. The van der Waals surface area contributed by atoms with Gasteiger partial charge in [-0.15, -0.1) is 0 Å². The van der Waals surface area contributed by atoms with Crippen LogP contribution in [0.1, 0.15) is 12.5 Å². The van der Waals surface area contributed by atoms with Crippen molar-refractivity contribution in [3.05, 3.63) is 40.3 Å². The number of aromatic nitrogens is 4. The first kappa shape index (κ1) is 8.68. The average Bonchev–Trinajstić information content (AvgIpc) is 2.65. The predicted octanol–water partition coefficient (Wildman–Crippen LogP) is 0.518. The molecule has 0 aliphatic rings. The minimum Gasteiger partial charge on any atom is -0.244 e. The first-order valence-electron chi connectivity index (χ1n) is 4.41. The van der Waals surface area contributed by atoms with E-state index in [0.717, 1.165) is 17.7 Å². The van der Waals surface area contributed by atoms with Crippen molar-refractivity contribution in [1.82, 2.24) is 20.2 Å². The zero-order chi connectivity index (χ0) is 9.97. The molecule has 1 heterocycles. The summed E-state index contributed by atoms with van der Waals surface area (Å²) in [5.74, 6) is 0. The van der Waals surface area contributed by atoms with Crippen LogP contribution in [0.5, 0.6) is 0 Å². The first-order chi connectivity index (χ1) is 6.81. The fourth-order valence-corrected chi connectivity index (χ4v) is 1.27. The van der Waals surface area contributed by atoms with E-state index in [2.05, 4.69) is 22.4 Å². The van der Waals surface area contributed by atoms with Crippen LogP contribution in [0.3, 0.4) is 0 Å². The third-order valence-corrected chi connectivity index (χ3v) is 2.04. The lowest BCUT2D eigenvalue weighted by Gasteiger charge is -2.00. The second-order valence-electron chi connectivity index (χ2n) is 2.94. The zero-order valence-corrected chi connectivity index (χ0v) is 7.77. The summed E-state index contributed by atoms with van der Waals surface area (Å²) in [6, 6.07) is 7.65. The number of aryl methyl sites for hydroxylation is 1. The van der Waals surface area contributed by atoms with E-state index in [1.165, 1.54) is 4.68 Å². The van der Waals surface area contributed by atoms with Crippen LogP contribution >= 0.6 is 0 Å². The lowest BCUT2D eigenvalue weighted by Crippen LogP contribution is -2.15. The SMILES string of the molecule is CCc1cccc(-n2nn[nH]c2=O)c1. The van der Waals surface area contributed by atoms with Crippen molar-refractivity contribution in [3.63, 3.8) is 0 Å². The molecule has 0 fully saturated rings. The molecule has 0 spiro atoms. The Morgan fingerprint density at radius 2 is 2.36 bits per heavy atom. The van der Waals surface area contributed by atoms with E-state index in [1.807, 2.05) is 24.3 Å². The molecule has 0 radical (unpaired) electrons. The molecule has 14 heavy (non-hydrogen) atoms. The lowest BCUT2D eigenvalue weighted by molar-refractivity contribution is 0.778. The molecular formula is C9H10N4O. The van der Waals surface area contributed by atoms with Gasteiger partial charge in [-0.3, -0.25) is 0 Å². The monoisotopic (exact) mass is 190 g/mol. The fourth-order valence-electron chi connectivity index (χ4n) is 1.27. The summed E-state index contributed by atoms with van der Waals surface area (Å²) in [4.78, 5) is 11.2. The van der Waals surface area contributed by atoms with E-state index in [4.69, 9.17) is 0 Å². The first-order valence-corrected chi connectivity index (χ1v) is 4.41. The van der Waals surface area contributed by atoms with Crippen LogP contribution in [-0.4, -0.2) is 20.2 Å². The van der Waals surface area contributed by atoms with Gasteiger partial charge in [0, 0.05) is 0 Å². The molecule has 0 unspecified atom stereocenters. The third-order valence-electron chi connectivity index (χ3n) is 2.04. The third kappa shape index (κ3) is 1.44. The number of hydrogen-bond acceptors (Lipinski definition) is 3. The van der Waals surface area contributed by atoms with Crippen LogP contribution in [0.4, 0.5) is 0 Å². The van der Waals surface area contributed by atoms with Gasteiger partial charge in [0.2, 0.25) is 0 Å². The number of nitrogens with zero attached hydrogens (tertiary/aromatic N) is 3. The molecule has 1 aromatic heterocycles. The summed E-state index contributed by atoms with van der Waals surface area (Å²) >= 11 is 0. The summed E-state index contributed by atoms with van der Waals surface area (Å²) in [6.45, 7) is 2.06. The minimum atomic E-state index is -0.321. The molecule has 0 saturated carbocycles. The Labute approximate surface area is 80.4 Å². The maximum atomic E-state index is 11.2. The fraction of sp³-hybridized carbons (Fsp3) is 0.222. The number of aromatic amines is 1. The highest BCUT2D eigenvalue weighted by atomic mass is 16.2. The Morgan fingerprint density at radius 1 is 1.50 bits per heavy atom. The van der Waals surface area contributed by atoms with E-state index >= 15 is 0 Å². The summed E-state index contributed by atoms with van der Waals surface area (Å²) in [5.41, 5.74) is 1.58. The summed E-state index contributed by atoms with van der Waals surface area (Å²) in [5, 5.41) is 9.34. The van der Waals surface area contributed by atoms with E-state index in [1.54, 1.807) is 0 Å². The van der Waals surface area contributed by atoms with Crippen molar-refractivity contribution >= 4 is 0 Å². The van der Waals surface area contributed by atoms with Crippen molar-refractivity contribution in [1.29, 1.82) is 0 Å². The molecular weight excluding hydrogens is 180 g/mol. The molecule has 0 aliphatic carbocycles. The van der Waals surface area contributed by atoms with Gasteiger partial charge in [0.1, 0.15) is 0 Å². The maximum Gasteiger partial charge on any atom is 0.365 e. The Bertz CT molecular complexity index is 485. The van der Waals surface area contributed by atoms with E-state index in [0.29, 0.717) is 0 Å². The van der Waals surface area contributed by atoms with Crippen molar-refractivity contribution in [2.45, 2.75) is 13.3 Å². The van der Waals surface area contributed by atoms with E-state index in [-0.39, 0.29) is 5.69 Å². The Balaban J connectivity index is 2.52. The molecule has 0 aliphatic heterocycles. The molecule has 2 rings (SSSR count). The summed E-state index contributed by atoms with van der Waals surface area (Å²) < 4.78 is 1.24. The largest absolute Gasteiger partial charge is 0.365 e. The van der Waals surface area contributed by atoms with Crippen LogP contribution in [0.2, 0.25) is 0 Å². The van der Waals surface area contributed by atoms with Gasteiger partial charge in [-0.25, -0.2) is 9.89 Å². The second kappa shape index (κ2) is 3.45. The van der Waals surface area contributed by atoms with Crippen molar-refractivity contribution < 1.29 is 0 Å². The van der Waals surface area contributed by atoms with Crippen molar-refractivity contribution in [2.75, 3.05) is 0 Å². The number of benzene rings is 1. The zero-order valence-electron chi connectivity index (χ0n) is 7.77. The van der Waals surface area contributed by atoms with Crippen LogP contribution in [-0.2, 0) is 6.42 Å². The van der Waals surface area contributed by atoms with Gasteiger partial charge in [-0.05, 0) is 34.5 Å². The topological polar surface area (TPSA) is 63.6 Å².